The number of piperidine rings is 1. The highest BCUT2D eigenvalue weighted by Gasteiger charge is 2.25. The van der Waals surface area contributed by atoms with Gasteiger partial charge in [0.05, 0.1) is 17.1 Å². The summed E-state index contributed by atoms with van der Waals surface area (Å²) in [6.07, 6.45) is 4.08. The molecule has 0 spiro atoms. The molecule has 4 rings (SSSR count). The van der Waals surface area contributed by atoms with Gasteiger partial charge in [-0.3, -0.25) is 14.7 Å². The third kappa shape index (κ3) is 4.36. The number of hydrogen-bond acceptors (Lipinski definition) is 3. The van der Waals surface area contributed by atoms with E-state index >= 15 is 0 Å². The van der Waals surface area contributed by atoms with Gasteiger partial charge in [0.2, 0.25) is 0 Å². The average Bonchev–Trinajstić information content (AvgIpc) is 2.74. The molecule has 0 radical (unpaired) electrons. The molecule has 1 aliphatic heterocycles. The number of pyridine rings is 1. The van der Waals surface area contributed by atoms with E-state index in [-0.39, 0.29) is 5.78 Å². The number of nitrogens with zero attached hydrogens (tertiary/aromatic N) is 2. The second-order valence-electron chi connectivity index (χ2n) is 8.23. The molecule has 0 N–H and O–H groups in total. The van der Waals surface area contributed by atoms with Crippen molar-refractivity contribution in [2.75, 3.05) is 19.6 Å². The fourth-order valence-electron chi connectivity index (χ4n) is 4.50. The summed E-state index contributed by atoms with van der Waals surface area (Å²) in [5.41, 5.74) is 4.36. The maximum absolute atomic E-state index is 11.3. The minimum Gasteiger partial charge on any atom is -0.299 e. The molecule has 1 saturated heterocycles. The van der Waals surface area contributed by atoms with Crippen LogP contribution in [0.3, 0.4) is 0 Å². The van der Waals surface area contributed by atoms with Crippen molar-refractivity contribution < 1.29 is 4.79 Å². The van der Waals surface area contributed by atoms with E-state index in [1.54, 1.807) is 13.1 Å². The van der Waals surface area contributed by atoms with Gasteiger partial charge in [-0.1, -0.05) is 61.0 Å². The van der Waals surface area contributed by atoms with Crippen molar-refractivity contribution >= 4 is 28.3 Å². The Morgan fingerprint density at radius 3 is 2.55 bits per heavy atom. The van der Waals surface area contributed by atoms with Gasteiger partial charge in [-0.05, 0) is 61.9 Å². The van der Waals surface area contributed by atoms with E-state index in [4.69, 9.17) is 11.6 Å². The molecule has 1 aromatic heterocycles. The largest absolute Gasteiger partial charge is 0.299 e. The zero-order valence-electron chi connectivity index (χ0n) is 17.1. The molecule has 1 aliphatic rings. The van der Waals surface area contributed by atoms with Gasteiger partial charge in [0.25, 0.3) is 0 Å². The molecule has 150 valence electrons. The van der Waals surface area contributed by atoms with Crippen molar-refractivity contribution in [2.45, 2.75) is 32.6 Å². The van der Waals surface area contributed by atoms with Crippen LogP contribution in [0.4, 0.5) is 0 Å². The molecule has 2 heterocycles. The van der Waals surface area contributed by atoms with Crippen LogP contribution < -0.4 is 0 Å². The smallest absolute Gasteiger partial charge is 0.143 e. The van der Waals surface area contributed by atoms with Crippen LogP contribution in [0.25, 0.3) is 22.0 Å². The molecule has 2 aromatic carbocycles. The lowest BCUT2D eigenvalue weighted by molar-refractivity contribution is -0.118. The number of aromatic nitrogens is 1. The summed E-state index contributed by atoms with van der Waals surface area (Å²) >= 11 is 6.66. The Morgan fingerprint density at radius 1 is 1.14 bits per heavy atom. The number of likely N-dealkylation sites (tertiary alicyclic amines) is 1. The van der Waals surface area contributed by atoms with Crippen molar-refractivity contribution in [3.05, 3.63) is 65.3 Å². The zero-order valence-corrected chi connectivity index (χ0v) is 17.8. The van der Waals surface area contributed by atoms with Gasteiger partial charge in [0, 0.05) is 17.1 Å². The number of carbonyl (C=O) groups excluding carboxylic acids is 1. The summed E-state index contributed by atoms with van der Waals surface area (Å²) in [5, 5.41) is 1.77. The Bertz CT molecular complexity index is 1010. The number of hydrogen-bond donors (Lipinski definition) is 0. The average molecular weight is 407 g/mol. The maximum atomic E-state index is 11.3. The Labute approximate surface area is 177 Å². The van der Waals surface area contributed by atoms with Crippen LogP contribution in [0.5, 0.6) is 0 Å². The first kappa shape index (κ1) is 20.1. The molecule has 0 bridgehead atoms. The Hall–Kier alpha value is -2.23. The second kappa shape index (κ2) is 8.64. The van der Waals surface area contributed by atoms with E-state index in [1.807, 2.05) is 12.1 Å². The van der Waals surface area contributed by atoms with Gasteiger partial charge in [-0.25, -0.2) is 0 Å². The quantitative estimate of drug-likeness (QED) is 0.524. The molecule has 1 atom stereocenters. The van der Waals surface area contributed by atoms with Crippen LogP contribution in [0.15, 0.2) is 54.7 Å². The molecule has 3 aromatic rings. The molecule has 29 heavy (non-hydrogen) atoms. The van der Waals surface area contributed by atoms with Crippen molar-refractivity contribution in [1.29, 1.82) is 0 Å². The summed E-state index contributed by atoms with van der Waals surface area (Å²) < 4.78 is 0. The third-order valence-corrected chi connectivity index (χ3v) is 6.63. The molecule has 1 unspecified atom stereocenters. The zero-order chi connectivity index (χ0) is 20.4. The van der Waals surface area contributed by atoms with Crippen LogP contribution in [0.1, 0.15) is 38.2 Å². The number of Topliss-reactive ketones (excluding diaryl/α,β-unsaturated/α-hetero) is 1. The van der Waals surface area contributed by atoms with E-state index in [0.29, 0.717) is 23.4 Å². The fraction of sp³-hybridized carbons (Fsp3) is 0.360. The van der Waals surface area contributed by atoms with E-state index in [2.05, 4.69) is 53.2 Å². The predicted octanol–water partition coefficient (Wildman–Crippen LogP) is 5.96. The lowest BCUT2D eigenvalue weighted by Crippen LogP contribution is -2.37. The highest BCUT2D eigenvalue weighted by Crippen LogP contribution is 2.36. The summed E-state index contributed by atoms with van der Waals surface area (Å²) in [5.74, 6) is 1.43. The van der Waals surface area contributed by atoms with Crippen LogP contribution in [0.2, 0.25) is 5.02 Å². The van der Waals surface area contributed by atoms with Crippen molar-refractivity contribution in [1.82, 2.24) is 9.88 Å². The van der Waals surface area contributed by atoms with E-state index in [9.17, 15) is 4.79 Å². The molecule has 3 nitrogen and oxygen atoms in total. The number of benzene rings is 2. The fourth-order valence-corrected chi connectivity index (χ4v) is 4.83. The third-order valence-electron chi connectivity index (χ3n) is 6.25. The lowest BCUT2D eigenvalue weighted by Gasteiger charge is -2.34. The SMILES string of the molecule is CC(=O)CN1CCC(C(C)c2ccc(-c3ccc4cccnc4c3Cl)cc2)CC1. The molecular formula is C25H27ClN2O. The lowest BCUT2D eigenvalue weighted by atomic mass is 9.81. The summed E-state index contributed by atoms with van der Waals surface area (Å²) in [7, 11) is 0. The first-order chi connectivity index (χ1) is 14.0. The van der Waals surface area contributed by atoms with Crippen molar-refractivity contribution in [3.63, 3.8) is 0 Å². The number of carbonyl (C=O) groups is 1. The molecule has 1 fully saturated rings. The van der Waals surface area contributed by atoms with Crippen molar-refractivity contribution in [2.24, 2.45) is 5.92 Å². The number of rotatable bonds is 5. The van der Waals surface area contributed by atoms with Crippen LogP contribution in [-0.2, 0) is 4.79 Å². The van der Waals surface area contributed by atoms with E-state index in [1.165, 1.54) is 5.56 Å². The minimum absolute atomic E-state index is 0.259. The highest BCUT2D eigenvalue weighted by molar-refractivity contribution is 6.37. The molecule has 0 aliphatic carbocycles. The number of ketones is 1. The van der Waals surface area contributed by atoms with Crippen molar-refractivity contribution in [3.8, 4) is 11.1 Å². The normalized spacial score (nSPS) is 16.8. The van der Waals surface area contributed by atoms with Gasteiger partial charge in [0.1, 0.15) is 5.78 Å². The minimum atomic E-state index is 0.259. The monoisotopic (exact) mass is 406 g/mol. The molecule has 0 amide bonds. The Kier molecular flexibility index (Phi) is 5.98. The summed E-state index contributed by atoms with van der Waals surface area (Å²) in [6.45, 7) is 6.64. The predicted molar refractivity (Wildman–Crippen MR) is 120 cm³/mol. The van der Waals surface area contributed by atoms with Gasteiger partial charge < -0.3 is 0 Å². The maximum Gasteiger partial charge on any atom is 0.143 e. The van der Waals surface area contributed by atoms with Gasteiger partial charge >= 0.3 is 0 Å². The molecule has 4 heteroatoms. The first-order valence-corrected chi connectivity index (χ1v) is 10.8. The van der Waals surface area contributed by atoms with Gasteiger partial charge in [-0.2, -0.15) is 0 Å². The molecule has 0 saturated carbocycles. The van der Waals surface area contributed by atoms with Crippen LogP contribution >= 0.6 is 11.6 Å². The van der Waals surface area contributed by atoms with Gasteiger partial charge in [0.15, 0.2) is 0 Å². The highest BCUT2D eigenvalue weighted by atomic mass is 35.5. The standard InChI is InChI=1S/C25H27ClN2O/c1-17(29)16-28-14-11-20(12-15-28)18(2)19-5-7-21(8-6-19)23-10-9-22-4-3-13-27-25(22)24(23)26/h3-10,13,18,20H,11-12,14-16H2,1-2H3. The van der Waals surface area contributed by atoms with E-state index in [0.717, 1.165) is 48.0 Å². The molecular weight excluding hydrogens is 380 g/mol. The van der Waals surface area contributed by atoms with Gasteiger partial charge in [-0.15, -0.1) is 0 Å². The van der Waals surface area contributed by atoms with E-state index < -0.39 is 0 Å². The first-order valence-electron chi connectivity index (χ1n) is 10.4. The Balaban J connectivity index is 1.48. The summed E-state index contributed by atoms with van der Waals surface area (Å²) in [4.78, 5) is 18.1. The van der Waals surface area contributed by atoms with Crippen LogP contribution in [0, 0.1) is 5.92 Å². The topological polar surface area (TPSA) is 33.2 Å². The number of fused-ring (bicyclic) bond motifs is 1. The second-order valence-corrected chi connectivity index (χ2v) is 8.61. The Morgan fingerprint density at radius 2 is 1.86 bits per heavy atom. The van der Waals surface area contributed by atoms with Crippen LogP contribution in [-0.4, -0.2) is 35.3 Å². The number of halogens is 1. The summed E-state index contributed by atoms with van der Waals surface area (Å²) in [6, 6.07) is 16.9.